The van der Waals surface area contributed by atoms with Crippen LogP contribution < -0.4 is 70.4 Å². The van der Waals surface area contributed by atoms with Crippen molar-refractivity contribution in [2.45, 2.75) is 25.7 Å². The number of hydrogen-bond acceptors (Lipinski definition) is 5. The van der Waals surface area contributed by atoms with E-state index in [-0.39, 0.29) is 80.6 Å². The van der Waals surface area contributed by atoms with Crippen molar-refractivity contribution in [1.82, 2.24) is 9.55 Å². The van der Waals surface area contributed by atoms with Crippen LogP contribution in [0, 0.1) is 6.92 Å². The van der Waals surface area contributed by atoms with Gasteiger partial charge in [-0.1, -0.05) is 0 Å². The molecule has 2 rings (SSSR count). The van der Waals surface area contributed by atoms with Crippen LogP contribution in [0.4, 0.5) is 0 Å². The summed E-state index contributed by atoms with van der Waals surface area (Å²) >= 11 is 0. The first-order valence-corrected chi connectivity index (χ1v) is 7.69. The maximum Gasteiger partial charge on any atom is 1.00 e. The van der Waals surface area contributed by atoms with Crippen LogP contribution >= 0.6 is 7.60 Å². The maximum atomic E-state index is 11.9. The van der Waals surface area contributed by atoms with Crippen LogP contribution in [0.25, 0.3) is 0 Å². The van der Waals surface area contributed by atoms with Crippen LogP contribution in [0.1, 0.15) is 21.3 Å². The van der Waals surface area contributed by atoms with Gasteiger partial charge in [0.05, 0.1) is 6.61 Å². The molecule has 0 spiro atoms. The molecule has 0 saturated carbocycles. The van der Waals surface area contributed by atoms with Crippen LogP contribution in [-0.4, -0.2) is 32.3 Å². The van der Waals surface area contributed by atoms with Crippen molar-refractivity contribution in [3.8, 4) is 0 Å². The molecule has 0 amide bonds. The molecule has 9 nitrogen and oxygen atoms in total. The fourth-order valence-corrected chi connectivity index (χ4v) is 2.35. The molecule has 2 heterocycles. The molecule has 0 radical (unpaired) electrons. The van der Waals surface area contributed by atoms with Crippen molar-refractivity contribution in [2.24, 2.45) is 0 Å². The van der Waals surface area contributed by atoms with Gasteiger partial charge in [0.2, 0.25) is 0 Å². The zero-order valence-corrected chi connectivity index (χ0v) is 17.6. The third-order valence-electron chi connectivity index (χ3n) is 2.91. The topological polar surface area (TPSA) is 131 Å². The molecule has 1 aromatic heterocycles. The first-order valence-electron chi connectivity index (χ1n) is 5.89. The Balaban J connectivity index is -0.00000110. The Morgan fingerprint density at radius 3 is 2.64 bits per heavy atom. The SMILES string of the molecule is Cc1cn([C@@]2(OCP(=O)(O)O)CCCO2)c(=O)[nH]c1=O.[H-].[H-].[Na+].[Na+]. The molecule has 1 atom stereocenters. The Labute approximate surface area is 173 Å². The van der Waals surface area contributed by atoms with Crippen molar-refractivity contribution in [1.29, 1.82) is 0 Å². The molecule has 0 aromatic carbocycles. The van der Waals surface area contributed by atoms with E-state index in [0.29, 0.717) is 6.42 Å². The van der Waals surface area contributed by atoms with Crippen LogP contribution in [-0.2, 0) is 19.9 Å². The number of nitrogens with one attached hydrogen (secondary N) is 1. The van der Waals surface area contributed by atoms with Crippen LogP contribution in [0.5, 0.6) is 0 Å². The standard InChI is InChI=1S/C10H15N2O7P.2Na.2H/c1-7-5-12(9(14)11-8(7)13)10(3-2-4-18-10)19-6-20(15,16)17;;;;/h5H,2-4,6H2,1H3,(H,11,13,14)(H2,15,16,17);;;;/q;2*+1;2*-1/t10-;;;;/m0..../s1. The summed E-state index contributed by atoms with van der Waals surface area (Å²) in [5, 5.41) is 0. The second kappa shape index (κ2) is 8.73. The summed E-state index contributed by atoms with van der Waals surface area (Å²) in [5.41, 5.74) is -1.03. The van der Waals surface area contributed by atoms with Crippen molar-refractivity contribution >= 4 is 7.60 Å². The number of aromatic amines is 1. The van der Waals surface area contributed by atoms with Crippen LogP contribution in [0.2, 0.25) is 0 Å². The van der Waals surface area contributed by atoms with Gasteiger partial charge in [0.25, 0.3) is 11.5 Å². The van der Waals surface area contributed by atoms with Crippen molar-refractivity contribution in [2.75, 3.05) is 13.0 Å². The average Bonchev–Trinajstić information content (AvgIpc) is 2.80. The van der Waals surface area contributed by atoms with E-state index in [4.69, 9.17) is 19.3 Å². The molecule has 12 heteroatoms. The van der Waals surface area contributed by atoms with E-state index >= 15 is 0 Å². The summed E-state index contributed by atoms with van der Waals surface area (Å²) in [7, 11) is -4.41. The van der Waals surface area contributed by atoms with Gasteiger partial charge in [-0.3, -0.25) is 14.3 Å². The van der Waals surface area contributed by atoms with Gasteiger partial charge >= 0.3 is 72.4 Å². The monoisotopic (exact) mass is 354 g/mol. The van der Waals surface area contributed by atoms with Crippen molar-refractivity contribution < 1.29 is 85.8 Å². The molecule has 0 unspecified atom stereocenters. The minimum Gasteiger partial charge on any atom is -1.00 e. The van der Waals surface area contributed by atoms with Gasteiger partial charge in [-0.15, -0.1) is 0 Å². The Bertz CT molecular complexity index is 672. The zero-order valence-electron chi connectivity index (χ0n) is 14.7. The van der Waals surface area contributed by atoms with Gasteiger partial charge < -0.3 is 22.1 Å². The van der Waals surface area contributed by atoms with Gasteiger partial charge in [-0.2, -0.15) is 0 Å². The van der Waals surface area contributed by atoms with E-state index < -0.39 is 31.1 Å². The second-order valence-corrected chi connectivity index (χ2v) is 6.13. The number of aryl methyl sites for hydroxylation is 1. The quantitative estimate of drug-likeness (QED) is 0.362. The predicted molar refractivity (Wildman–Crippen MR) is 69.4 cm³/mol. The Morgan fingerprint density at radius 2 is 2.14 bits per heavy atom. The second-order valence-electron chi connectivity index (χ2n) is 4.54. The normalized spacial score (nSPS) is 21.0. The first-order chi connectivity index (χ1) is 9.23. The third kappa shape index (κ3) is 5.39. The Hall–Kier alpha value is 0.750. The predicted octanol–water partition coefficient (Wildman–Crippen LogP) is -6.35. The van der Waals surface area contributed by atoms with E-state index in [0.717, 1.165) is 4.57 Å². The molecular formula is C10H17N2Na2O7P. The molecule has 0 aliphatic carbocycles. The molecule has 3 N–H and O–H groups in total. The molecule has 1 aromatic rings. The number of H-pyrrole nitrogens is 1. The van der Waals surface area contributed by atoms with Gasteiger partial charge in [0.1, 0.15) is 0 Å². The molecule has 1 fully saturated rings. The minimum absolute atomic E-state index is 0. The van der Waals surface area contributed by atoms with Gasteiger partial charge in [0.15, 0.2) is 6.35 Å². The third-order valence-corrected chi connectivity index (χ3v) is 3.38. The largest absolute Gasteiger partial charge is 1.00 e. The zero-order chi connectivity index (χ0) is 15.0. The van der Waals surface area contributed by atoms with Gasteiger partial charge in [-0.05, 0) is 13.3 Å². The summed E-state index contributed by atoms with van der Waals surface area (Å²) in [4.78, 5) is 43.1. The molecule has 1 saturated heterocycles. The maximum absolute atomic E-state index is 11.9. The van der Waals surface area contributed by atoms with Gasteiger partial charge in [0, 0.05) is 18.2 Å². The summed E-state index contributed by atoms with van der Waals surface area (Å²) in [6, 6.07) is 0. The van der Waals surface area contributed by atoms with E-state index in [1.54, 1.807) is 0 Å². The molecule has 22 heavy (non-hydrogen) atoms. The number of ether oxygens (including phenoxy) is 2. The van der Waals surface area contributed by atoms with E-state index in [1.165, 1.54) is 13.1 Å². The van der Waals surface area contributed by atoms with E-state index in [9.17, 15) is 14.2 Å². The fraction of sp³-hybridized carbons (Fsp3) is 0.600. The number of nitrogens with zero attached hydrogens (tertiary/aromatic N) is 1. The Morgan fingerprint density at radius 1 is 1.50 bits per heavy atom. The molecule has 0 bridgehead atoms. The fourth-order valence-electron chi connectivity index (χ4n) is 1.98. The number of rotatable bonds is 4. The summed E-state index contributed by atoms with van der Waals surface area (Å²) in [5.74, 6) is -1.59. The summed E-state index contributed by atoms with van der Waals surface area (Å²) in [6.07, 6.45) is 1.19. The molecule has 1 aliphatic heterocycles. The van der Waals surface area contributed by atoms with Crippen molar-refractivity contribution in [3.05, 3.63) is 32.6 Å². The molecule has 116 valence electrons. The smallest absolute Gasteiger partial charge is 1.00 e. The summed E-state index contributed by atoms with van der Waals surface area (Å²) < 4.78 is 22.5. The first kappa shape index (κ1) is 22.8. The minimum atomic E-state index is -4.41. The van der Waals surface area contributed by atoms with Crippen LogP contribution in [0.15, 0.2) is 15.8 Å². The molecular weight excluding hydrogens is 337 g/mol. The number of aromatic nitrogens is 2. The number of hydrogen-bond donors (Lipinski definition) is 3. The van der Waals surface area contributed by atoms with E-state index in [1.807, 2.05) is 0 Å². The van der Waals surface area contributed by atoms with E-state index in [2.05, 4.69) is 4.98 Å². The van der Waals surface area contributed by atoms with Crippen LogP contribution in [0.3, 0.4) is 0 Å². The van der Waals surface area contributed by atoms with Crippen molar-refractivity contribution in [3.63, 3.8) is 0 Å². The Kier molecular flexibility index (Phi) is 9.03. The molecule has 1 aliphatic rings. The average molecular weight is 354 g/mol. The summed E-state index contributed by atoms with van der Waals surface area (Å²) in [6.45, 7) is 1.78. The van der Waals surface area contributed by atoms with Gasteiger partial charge in [-0.25, -0.2) is 9.36 Å².